The Morgan fingerprint density at radius 2 is 2.08 bits per heavy atom. The van der Waals surface area contributed by atoms with Crippen LogP contribution in [0.5, 0.6) is 0 Å². The van der Waals surface area contributed by atoms with Crippen molar-refractivity contribution in [2.24, 2.45) is 5.92 Å². The van der Waals surface area contributed by atoms with Gasteiger partial charge in [-0.05, 0) is 52.2 Å². The highest BCUT2D eigenvalue weighted by molar-refractivity contribution is 9.10. The van der Waals surface area contributed by atoms with Crippen molar-refractivity contribution < 1.29 is 14.0 Å². The minimum Gasteiger partial charge on any atom is -0.352 e. The molecule has 1 aliphatic heterocycles. The maximum absolute atomic E-state index is 13.3. The van der Waals surface area contributed by atoms with Crippen LogP contribution in [0.1, 0.15) is 17.5 Å². The molecule has 4 nitrogen and oxygen atoms in total. The van der Waals surface area contributed by atoms with Gasteiger partial charge in [-0.3, -0.25) is 9.59 Å². The molecule has 2 aromatic carbocycles. The molecule has 0 bridgehead atoms. The molecule has 0 spiro atoms. The number of hydrogen-bond donors (Lipinski definition) is 1. The van der Waals surface area contributed by atoms with Crippen LogP contribution in [0.25, 0.3) is 0 Å². The summed E-state index contributed by atoms with van der Waals surface area (Å²) in [6.45, 7) is 2.36. The van der Waals surface area contributed by atoms with Gasteiger partial charge in [0, 0.05) is 24.0 Å². The molecule has 0 aliphatic carbocycles. The smallest absolute Gasteiger partial charge is 0.227 e. The van der Waals surface area contributed by atoms with E-state index >= 15 is 0 Å². The molecule has 130 valence electrons. The Hall–Kier alpha value is -2.21. The van der Waals surface area contributed by atoms with E-state index in [9.17, 15) is 14.0 Å². The number of nitrogens with zero attached hydrogens (tertiary/aromatic N) is 1. The first-order chi connectivity index (χ1) is 12.0. The Kier molecular flexibility index (Phi) is 5.18. The molecule has 2 aromatic rings. The van der Waals surface area contributed by atoms with Crippen molar-refractivity contribution in [3.63, 3.8) is 0 Å². The second-order valence-corrected chi connectivity index (χ2v) is 7.01. The van der Waals surface area contributed by atoms with E-state index in [1.54, 1.807) is 24.0 Å². The summed E-state index contributed by atoms with van der Waals surface area (Å²) >= 11 is 3.44. The van der Waals surface area contributed by atoms with Gasteiger partial charge in [0.1, 0.15) is 5.82 Å². The summed E-state index contributed by atoms with van der Waals surface area (Å²) in [4.78, 5) is 26.3. The number of amides is 2. The van der Waals surface area contributed by atoms with Crippen LogP contribution in [-0.4, -0.2) is 18.4 Å². The van der Waals surface area contributed by atoms with Crippen LogP contribution in [0.4, 0.5) is 10.1 Å². The third-order valence-corrected chi connectivity index (χ3v) is 5.00. The van der Waals surface area contributed by atoms with Crippen LogP contribution in [-0.2, 0) is 16.1 Å². The van der Waals surface area contributed by atoms with E-state index in [1.807, 2.05) is 24.3 Å². The van der Waals surface area contributed by atoms with Crippen LogP contribution in [0.2, 0.25) is 0 Å². The summed E-state index contributed by atoms with van der Waals surface area (Å²) in [5.74, 6) is -0.878. The van der Waals surface area contributed by atoms with E-state index in [2.05, 4.69) is 21.2 Å². The van der Waals surface area contributed by atoms with E-state index in [1.165, 1.54) is 6.07 Å². The average Bonchev–Trinajstić information content (AvgIpc) is 2.98. The number of para-hydroxylation sites is 1. The van der Waals surface area contributed by atoms with Crippen molar-refractivity contribution in [3.05, 3.63) is 63.9 Å². The average molecular weight is 405 g/mol. The minimum atomic E-state index is -0.388. The van der Waals surface area contributed by atoms with Crippen molar-refractivity contribution >= 4 is 33.4 Å². The molecule has 0 saturated carbocycles. The number of hydrogen-bond acceptors (Lipinski definition) is 2. The van der Waals surface area contributed by atoms with Gasteiger partial charge in [0.15, 0.2) is 0 Å². The standard InChI is InChI=1S/C19H18BrFN2O2/c1-12-8-13(6-7-16(12)21)10-22-19(25)14-9-18(24)23(11-14)17-5-3-2-4-15(17)20/h2-8,14H,9-11H2,1H3,(H,22,25). The maximum Gasteiger partial charge on any atom is 0.227 e. The van der Waals surface area contributed by atoms with Gasteiger partial charge in [-0.15, -0.1) is 0 Å². The molecular formula is C19H18BrFN2O2. The number of carbonyl (C=O) groups excluding carboxylic acids is 2. The largest absolute Gasteiger partial charge is 0.352 e. The first kappa shape index (κ1) is 17.6. The van der Waals surface area contributed by atoms with E-state index in [-0.39, 0.29) is 30.0 Å². The molecule has 2 amide bonds. The Labute approximate surface area is 154 Å². The summed E-state index contributed by atoms with van der Waals surface area (Å²) in [7, 11) is 0. The second-order valence-electron chi connectivity index (χ2n) is 6.16. The van der Waals surface area contributed by atoms with Gasteiger partial charge in [0.25, 0.3) is 0 Å². The molecule has 1 aliphatic rings. The van der Waals surface area contributed by atoms with Gasteiger partial charge < -0.3 is 10.2 Å². The lowest BCUT2D eigenvalue weighted by atomic mass is 10.1. The Morgan fingerprint density at radius 3 is 2.80 bits per heavy atom. The lowest BCUT2D eigenvalue weighted by molar-refractivity contribution is -0.126. The van der Waals surface area contributed by atoms with Crippen molar-refractivity contribution in [1.29, 1.82) is 0 Å². The van der Waals surface area contributed by atoms with E-state index in [0.717, 1.165) is 15.7 Å². The lowest BCUT2D eigenvalue weighted by Crippen LogP contribution is -2.32. The highest BCUT2D eigenvalue weighted by atomic mass is 79.9. The molecule has 1 saturated heterocycles. The van der Waals surface area contributed by atoms with Gasteiger partial charge in [0.05, 0.1) is 11.6 Å². The quantitative estimate of drug-likeness (QED) is 0.846. The van der Waals surface area contributed by atoms with Gasteiger partial charge in [-0.2, -0.15) is 0 Å². The topological polar surface area (TPSA) is 49.4 Å². The van der Waals surface area contributed by atoms with E-state index < -0.39 is 0 Å². The number of halogens is 2. The van der Waals surface area contributed by atoms with Gasteiger partial charge in [-0.1, -0.05) is 24.3 Å². The summed E-state index contributed by atoms with van der Waals surface area (Å²) in [5.41, 5.74) is 2.15. The molecule has 25 heavy (non-hydrogen) atoms. The van der Waals surface area contributed by atoms with E-state index in [4.69, 9.17) is 0 Å². The normalized spacial score (nSPS) is 17.0. The molecule has 1 atom stereocenters. The molecule has 1 heterocycles. The zero-order valence-corrected chi connectivity index (χ0v) is 15.3. The van der Waals surface area contributed by atoms with Gasteiger partial charge >= 0.3 is 0 Å². The summed E-state index contributed by atoms with van der Waals surface area (Å²) in [6.07, 6.45) is 0.190. The number of aryl methyl sites for hydroxylation is 1. The predicted octanol–water partition coefficient (Wildman–Crippen LogP) is 3.57. The first-order valence-corrected chi connectivity index (χ1v) is 8.82. The Balaban J connectivity index is 1.63. The molecule has 1 unspecified atom stereocenters. The molecule has 3 rings (SSSR count). The highest BCUT2D eigenvalue weighted by Crippen LogP contribution is 2.31. The zero-order chi connectivity index (χ0) is 18.0. The van der Waals surface area contributed by atoms with Crippen LogP contribution in [0.15, 0.2) is 46.9 Å². The molecule has 6 heteroatoms. The molecule has 0 radical (unpaired) electrons. The lowest BCUT2D eigenvalue weighted by Gasteiger charge is -2.18. The number of nitrogens with one attached hydrogen (secondary N) is 1. The zero-order valence-electron chi connectivity index (χ0n) is 13.8. The number of rotatable bonds is 4. The highest BCUT2D eigenvalue weighted by Gasteiger charge is 2.35. The summed E-state index contributed by atoms with van der Waals surface area (Å²) < 4.78 is 14.1. The maximum atomic E-state index is 13.3. The van der Waals surface area contributed by atoms with Gasteiger partial charge in [-0.25, -0.2) is 4.39 Å². The summed E-state index contributed by atoms with van der Waals surface area (Å²) in [6, 6.07) is 12.2. The van der Waals surface area contributed by atoms with Crippen LogP contribution < -0.4 is 10.2 Å². The monoisotopic (exact) mass is 404 g/mol. The minimum absolute atomic E-state index is 0.0651. The molecular weight excluding hydrogens is 387 g/mol. The van der Waals surface area contributed by atoms with Crippen LogP contribution >= 0.6 is 15.9 Å². The molecule has 1 fully saturated rings. The van der Waals surface area contributed by atoms with Crippen molar-refractivity contribution in [1.82, 2.24) is 5.32 Å². The van der Waals surface area contributed by atoms with E-state index in [0.29, 0.717) is 18.7 Å². The van der Waals surface area contributed by atoms with Crippen molar-refractivity contribution in [2.45, 2.75) is 19.9 Å². The first-order valence-electron chi connectivity index (χ1n) is 8.03. The molecule has 1 N–H and O–H groups in total. The number of anilines is 1. The van der Waals surface area contributed by atoms with Crippen molar-refractivity contribution in [2.75, 3.05) is 11.4 Å². The Bertz CT molecular complexity index is 825. The van der Waals surface area contributed by atoms with Crippen LogP contribution in [0.3, 0.4) is 0 Å². The number of benzene rings is 2. The third-order valence-electron chi connectivity index (χ3n) is 4.33. The fraction of sp³-hybridized carbons (Fsp3) is 0.263. The fourth-order valence-corrected chi connectivity index (χ4v) is 3.44. The fourth-order valence-electron chi connectivity index (χ4n) is 2.94. The summed E-state index contributed by atoms with van der Waals surface area (Å²) in [5, 5.41) is 2.84. The third kappa shape index (κ3) is 3.90. The predicted molar refractivity (Wildman–Crippen MR) is 97.6 cm³/mol. The van der Waals surface area contributed by atoms with Crippen molar-refractivity contribution in [3.8, 4) is 0 Å². The Morgan fingerprint density at radius 1 is 1.32 bits per heavy atom. The van der Waals surface area contributed by atoms with Crippen LogP contribution in [0, 0.1) is 18.7 Å². The molecule has 0 aromatic heterocycles. The number of carbonyl (C=O) groups is 2. The SMILES string of the molecule is Cc1cc(CNC(=O)C2CC(=O)N(c3ccccc3Br)C2)ccc1F. The second kappa shape index (κ2) is 7.35. The van der Waals surface area contributed by atoms with Gasteiger partial charge in [0.2, 0.25) is 11.8 Å².